The summed E-state index contributed by atoms with van der Waals surface area (Å²) in [5.41, 5.74) is 0.102. The van der Waals surface area contributed by atoms with Crippen LogP contribution >= 0.6 is 11.6 Å². The highest BCUT2D eigenvalue weighted by molar-refractivity contribution is 6.30. The molecular formula is C22H29ClFN3O2. The highest BCUT2D eigenvalue weighted by Gasteiger charge is 2.57. The van der Waals surface area contributed by atoms with Crippen LogP contribution in [0.1, 0.15) is 43.5 Å². The maximum Gasteiger partial charge on any atom is 0.253 e. The molecule has 3 atom stereocenters. The summed E-state index contributed by atoms with van der Waals surface area (Å²) in [4.78, 5) is 29.7. The van der Waals surface area contributed by atoms with Crippen molar-refractivity contribution in [1.82, 2.24) is 15.1 Å². The van der Waals surface area contributed by atoms with Gasteiger partial charge in [0.2, 0.25) is 5.91 Å². The number of nitrogens with one attached hydrogen (secondary N) is 1. The summed E-state index contributed by atoms with van der Waals surface area (Å²) in [6.07, 6.45) is 2.64. The van der Waals surface area contributed by atoms with Crippen molar-refractivity contribution in [3.8, 4) is 0 Å². The molecule has 1 spiro atoms. The smallest absolute Gasteiger partial charge is 0.253 e. The van der Waals surface area contributed by atoms with E-state index >= 15 is 0 Å². The second kappa shape index (κ2) is 7.88. The Morgan fingerprint density at radius 2 is 2.07 bits per heavy atom. The molecule has 0 unspecified atom stereocenters. The highest BCUT2D eigenvalue weighted by atomic mass is 35.5. The molecule has 1 N–H and O–H groups in total. The molecule has 3 aliphatic rings. The molecule has 7 heteroatoms. The molecule has 158 valence electrons. The lowest BCUT2D eigenvalue weighted by molar-refractivity contribution is -0.123. The Balaban J connectivity index is 1.42. The molecule has 1 aromatic carbocycles. The average Bonchev–Trinajstić information content (AvgIpc) is 3.23. The molecular weight excluding hydrogens is 393 g/mol. The third-order valence-corrected chi connectivity index (χ3v) is 7.50. The maximum atomic E-state index is 13.7. The van der Waals surface area contributed by atoms with Gasteiger partial charge in [0.15, 0.2) is 0 Å². The van der Waals surface area contributed by atoms with Crippen molar-refractivity contribution in [2.75, 3.05) is 32.7 Å². The number of amides is 2. The molecule has 2 amide bonds. The van der Waals surface area contributed by atoms with Gasteiger partial charge in [0.1, 0.15) is 5.82 Å². The largest absolute Gasteiger partial charge is 0.350 e. The first kappa shape index (κ1) is 20.6. The summed E-state index contributed by atoms with van der Waals surface area (Å²) >= 11 is 5.73. The van der Waals surface area contributed by atoms with Crippen LogP contribution < -0.4 is 5.32 Å². The minimum atomic E-state index is -0.579. The van der Waals surface area contributed by atoms with Crippen LogP contribution in [0.15, 0.2) is 18.2 Å². The predicted molar refractivity (Wildman–Crippen MR) is 110 cm³/mol. The van der Waals surface area contributed by atoms with Crippen molar-refractivity contribution in [1.29, 1.82) is 0 Å². The molecule has 0 aliphatic carbocycles. The average molecular weight is 422 g/mol. The number of halogens is 2. The fraction of sp³-hybridized carbons (Fsp3) is 0.636. The van der Waals surface area contributed by atoms with E-state index in [0.29, 0.717) is 30.5 Å². The van der Waals surface area contributed by atoms with E-state index in [2.05, 4.69) is 24.1 Å². The van der Waals surface area contributed by atoms with E-state index in [-0.39, 0.29) is 28.3 Å². The second-order valence-corrected chi connectivity index (χ2v) is 9.42. The number of hydrogen-bond acceptors (Lipinski definition) is 3. The minimum Gasteiger partial charge on any atom is -0.350 e. The Hall–Kier alpha value is -1.66. The normalized spacial score (nSPS) is 27.2. The van der Waals surface area contributed by atoms with E-state index in [1.165, 1.54) is 12.1 Å². The lowest BCUT2D eigenvalue weighted by Gasteiger charge is -2.43. The predicted octanol–water partition coefficient (Wildman–Crippen LogP) is 3.18. The van der Waals surface area contributed by atoms with Gasteiger partial charge in [0.05, 0.1) is 10.9 Å². The van der Waals surface area contributed by atoms with Gasteiger partial charge in [-0.05, 0) is 37.0 Å². The van der Waals surface area contributed by atoms with Gasteiger partial charge in [0.25, 0.3) is 5.91 Å². The number of carbonyl (C=O) groups is 2. The molecule has 0 bridgehead atoms. The standard InChI is InChI=1S/C22H29ClFN3O2/c1-3-14(2)11-26-12-16-17(13-26)22(25-20(16)28)6-8-27(9-7-22)21(29)15-4-5-18(23)19(24)10-15/h4-5,10,14,16-17H,3,6-9,11-13H2,1-2H3,(H,25,28)/t14-,16+,17-/m0/s1. The van der Waals surface area contributed by atoms with Crippen LogP contribution in [0, 0.1) is 23.6 Å². The summed E-state index contributed by atoms with van der Waals surface area (Å²) in [6, 6.07) is 4.18. The summed E-state index contributed by atoms with van der Waals surface area (Å²) in [5.74, 6) is 0.412. The van der Waals surface area contributed by atoms with Crippen molar-refractivity contribution in [2.24, 2.45) is 17.8 Å². The van der Waals surface area contributed by atoms with E-state index in [4.69, 9.17) is 11.6 Å². The number of nitrogens with zero attached hydrogens (tertiary/aromatic N) is 2. The lowest BCUT2D eigenvalue weighted by Crippen LogP contribution is -2.56. The topological polar surface area (TPSA) is 52.7 Å². The van der Waals surface area contributed by atoms with Gasteiger partial charge in [-0.2, -0.15) is 0 Å². The first-order valence-electron chi connectivity index (χ1n) is 10.6. The van der Waals surface area contributed by atoms with Crippen molar-refractivity contribution >= 4 is 23.4 Å². The molecule has 0 aromatic heterocycles. The maximum absolute atomic E-state index is 13.7. The number of benzene rings is 1. The fourth-order valence-electron chi connectivity index (χ4n) is 5.28. The van der Waals surface area contributed by atoms with Crippen LogP contribution in [0.2, 0.25) is 5.02 Å². The molecule has 1 aromatic rings. The summed E-state index contributed by atoms with van der Waals surface area (Å²) in [6.45, 7) is 8.43. The number of carbonyl (C=O) groups excluding carboxylic acids is 2. The number of hydrogen-bond donors (Lipinski definition) is 1. The van der Waals surface area contributed by atoms with Gasteiger partial charge in [0, 0.05) is 49.7 Å². The Kier molecular flexibility index (Phi) is 5.60. The van der Waals surface area contributed by atoms with E-state index in [1.54, 1.807) is 11.0 Å². The van der Waals surface area contributed by atoms with Gasteiger partial charge in [-0.3, -0.25) is 9.59 Å². The number of rotatable bonds is 4. The van der Waals surface area contributed by atoms with Gasteiger partial charge in [-0.15, -0.1) is 0 Å². The molecule has 3 saturated heterocycles. The first-order chi connectivity index (χ1) is 13.8. The van der Waals surface area contributed by atoms with Gasteiger partial charge >= 0.3 is 0 Å². The Labute approximate surface area is 176 Å². The zero-order chi connectivity index (χ0) is 20.8. The Morgan fingerprint density at radius 3 is 2.72 bits per heavy atom. The second-order valence-electron chi connectivity index (χ2n) is 9.01. The first-order valence-corrected chi connectivity index (χ1v) is 11.0. The third-order valence-electron chi connectivity index (χ3n) is 7.19. The van der Waals surface area contributed by atoms with Crippen molar-refractivity contribution in [3.63, 3.8) is 0 Å². The third kappa shape index (κ3) is 3.77. The molecule has 4 rings (SSSR count). The summed E-state index contributed by atoms with van der Waals surface area (Å²) in [5, 5.41) is 3.31. The van der Waals surface area contributed by atoms with Crippen molar-refractivity contribution in [3.05, 3.63) is 34.6 Å². The fourth-order valence-corrected chi connectivity index (χ4v) is 5.39. The minimum absolute atomic E-state index is 0.0158. The van der Waals surface area contributed by atoms with Crippen LogP contribution in [-0.2, 0) is 4.79 Å². The van der Waals surface area contributed by atoms with Gasteiger partial charge < -0.3 is 15.1 Å². The molecule has 5 nitrogen and oxygen atoms in total. The van der Waals surface area contributed by atoms with Crippen molar-refractivity contribution < 1.29 is 14.0 Å². The van der Waals surface area contributed by atoms with Crippen LogP contribution in [0.3, 0.4) is 0 Å². The number of likely N-dealkylation sites (tertiary alicyclic amines) is 2. The molecule has 0 saturated carbocycles. The SMILES string of the molecule is CC[C@H](C)CN1C[C@H]2C(=O)NC3(CCN(C(=O)c4ccc(Cl)c(F)c4)CC3)[C@H]2C1. The quantitative estimate of drug-likeness (QED) is 0.812. The Bertz CT molecular complexity index is 809. The Morgan fingerprint density at radius 1 is 1.34 bits per heavy atom. The monoisotopic (exact) mass is 421 g/mol. The van der Waals surface area contributed by atoms with Crippen molar-refractivity contribution in [2.45, 2.75) is 38.6 Å². The van der Waals surface area contributed by atoms with E-state index in [1.807, 2.05) is 0 Å². The van der Waals surface area contributed by atoms with Crippen LogP contribution in [-0.4, -0.2) is 59.9 Å². The van der Waals surface area contributed by atoms with E-state index in [0.717, 1.165) is 38.9 Å². The summed E-state index contributed by atoms with van der Waals surface area (Å²) < 4.78 is 13.7. The number of fused-ring (bicyclic) bond motifs is 2. The summed E-state index contributed by atoms with van der Waals surface area (Å²) in [7, 11) is 0. The molecule has 3 heterocycles. The molecule has 3 aliphatic heterocycles. The van der Waals surface area contributed by atoms with Gasteiger partial charge in [-0.25, -0.2) is 4.39 Å². The van der Waals surface area contributed by atoms with E-state index < -0.39 is 5.82 Å². The lowest BCUT2D eigenvalue weighted by atomic mass is 9.75. The molecule has 29 heavy (non-hydrogen) atoms. The van der Waals surface area contributed by atoms with Gasteiger partial charge in [-0.1, -0.05) is 31.9 Å². The zero-order valence-electron chi connectivity index (χ0n) is 17.1. The molecule has 3 fully saturated rings. The van der Waals surface area contributed by atoms with Crippen LogP contribution in [0.4, 0.5) is 4.39 Å². The van der Waals surface area contributed by atoms with E-state index in [9.17, 15) is 14.0 Å². The molecule has 0 radical (unpaired) electrons. The van der Waals surface area contributed by atoms with Crippen LogP contribution in [0.5, 0.6) is 0 Å². The number of piperidine rings is 1. The zero-order valence-corrected chi connectivity index (χ0v) is 17.8. The van der Waals surface area contributed by atoms with Crippen LogP contribution in [0.25, 0.3) is 0 Å². The highest BCUT2D eigenvalue weighted by Crippen LogP contribution is 2.44.